The first-order valence-corrected chi connectivity index (χ1v) is 3.60. The zero-order valence-electron chi connectivity index (χ0n) is 7.09. The summed E-state index contributed by atoms with van der Waals surface area (Å²) in [7, 11) is -2.21. The van der Waals surface area contributed by atoms with E-state index in [1.807, 2.05) is 0 Å². The fraction of sp³-hybridized carbons (Fsp3) is 0.143. The molecule has 0 aliphatic heterocycles. The Balaban J connectivity index is 3.19. The van der Waals surface area contributed by atoms with Crippen LogP contribution in [0.5, 0.6) is 5.75 Å². The Morgan fingerprint density at radius 2 is 1.79 bits per heavy atom. The molecule has 0 bridgehead atoms. The van der Waals surface area contributed by atoms with E-state index in [1.54, 1.807) is 0 Å². The van der Waals surface area contributed by atoms with Crippen LogP contribution in [-0.2, 0) is 0 Å². The van der Waals surface area contributed by atoms with Gasteiger partial charge in [-0.25, -0.2) is 13.2 Å². The maximum absolute atomic E-state index is 12.8. The van der Waals surface area contributed by atoms with Crippen molar-refractivity contribution in [2.45, 2.75) is 6.92 Å². The molecule has 7 heteroatoms. The van der Waals surface area contributed by atoms with Crippen LogP contribution in [0.3, 0.4) is 0 Å². The second kappa shape index (κ2) is 3.89. The number of halogens is 3. The topological polar surface area (TPSA) is 49.7 Å². The van der Waals surface area contributed by atoms with E-state index in [-0.39, 0.29) is 5.56 Å². The second-order valence-corrected chi connectivity index (χ2v) is 2.55. The van der Waals surface area contributed by atoms with Gasteiger partial charge < -0.3 is 14.7 Å². The average Bonchev–Trinajstić information content (AvgIpc) is 2.10. The number of hydrogen-bond acceptors (Lipinski definition) is 3. The molecule has 14 heavy (non-hydrogen) atoms. The molecule has 1 rings (SSSR count). The Labute approximate surface area is 77.9 Å². The highest BCUT2D eigenvalue weighted by molar-refractivity contribution is 6.33. The predicted molar refractivity (Wildman–Crippen MR) is 41.9 cm³/mol. The second-order valence-electron chi connectivity index (χ2n) is 2.55. The summed E-state index contributed by atoms with van der Waals surface area (Å²) in [6.07, 6.45) is 0. The largest absolute Gasteiger partial charge is 0.707 e. The van der Waals surface area contributed by atoms with Gasteiger partial charge in [0, 0.05) is 11.6 Å². The van der Waals surface area contributed by atoms with Gasteiger partial charge in [-0.2, -0.15) is 0 Å². The van der Waals surface area contributed by atoms with Crippen LogP contribution in [0.2, 0.25) is 0 Å². The molecule has 0 fully saturated rings. The van der Waals surface area contributed by atoms with E-state index >= 15 is 0 Å². The summed E-state index contributed by atoms with van der Waals surface area (Å²) in [6.45, 7) is 1.12. The van der Waals surface area contributed by atoms with Crippen LogP contribution < -0.4 is 4.65 Å². The van der Waals surface area contributed by atoms with E-state index in [2.05, 4.69) is 4.65 Å². The molecule has 76 valence electrons. The predicted octanol–water partition coefficient (Wildman–Crippen LogP) is 0.761. The van der Waals surface area contributed by atoms with Crippen LogP contribution in [0, 0.1) is 24.4 Å². The van der Waals surface area contributed by atoms with E-state index < -0.39 is 30.5 Å². The van der Waals surface area contributed by atoms with Crippen molar-refractivity contribution < 1.29 is 27.9 Å². The van der Waals surface area contributed by atoms with Gasteiger partial charge in [-0.15, -0.1) is 0 Å². The highest BCUT2D eigenvalue weighted by Crippen LogP contribution is 2.25. The molecule has 1 aromatic carbocycles. The Hall–Kier alpha value is -1.21. The van der Waals surface area contributed by atoms with Crippen LogP contribution >= 0.6 is 0 Å². The van der Waals surface area contributed by atoms with Gasteiger partial charge in [-0.1, -0.05) is 0 Å². The number of hydrogen-bond donors (Lipinski definition) is 2. The van der Waals surface area contributed by atoms with E-state index in [0.717, 1.165) is 6.92 Å². The van der Waals surface area contributed by atoms with Crippen LogP contribution in [0.1, 0.15) is 5.56 Å². The minimum absolute atomic E-state index is 0.336. The number of rotatable bonds is 2. The van der Waals surface area contributed by atoms with Crippen LogP contribution in [0.25, 0.3) is 0 Å². The van der Waals surface area contributed by atoms with E-state index in [4.69, 9.17) is 10.0 Å². The molecule has 0 unspecified atom stereocenters. The van der Waals surface area contributed by atoms with Crippen LogP contribution in [0.4, 0.5) is 13.2 Å². The lowest BCUT2D eigenvalue weighted by Gasteiger charge is -2.09. The summed E-state index contributed by atoms with van der Waals surface area (Å²) in [5, 5.41) is 16.8. The molecule has 0 radical (unpaired) electrons. The van der Waals surface area contributed by atoms with Gasteiger partial charge in [-0.05, 0) is 6.92 Å². The smallest absolute Gasteiger partial charge is 0.512 e. The highest BCUT2D eigenvalue weighted by Gasteiger charge is 2.20. The third kappa shape index (κ3) is 1.99. The third-order valence-corrected chi connectivity index (χ3v) is 1.59. The fourth-order valence-corrected chi connectivity index (χ4v) is 0.900. The average molecular weight is 206 g/mol. The molecule has 3 nitrogen and oxygen atoms in total. The van der Waals surface area contributed by atoms with Crippen molar-refractivity contribution in [3.8, 4) is 5.75 Å². The van der Waals surface area contributed by atoms with Gasteiger partial charge in [-0.3, -0.25) is 0 Å². The number of benzene rings is 1. The standard InChI is InChI=1S/C7H6BF3O3/c1-3-5(14-8(12)13)2-4(9)7(11)6(3)10/h2,12-13H,1H3. The third-order valence-electron chi connectivity index (χ3n) is 1.59. The molecule has 0 aliphatic rings. The lowest BCUT2D eigenvalue weighted by Crippen LogP contribution is -2.21. The first-order chi connectivity index (χ1) is 6.43. The SMILES string of the molecule is Cc1c(OB(O)O)cc(F)c(F)c1F. The van der Waals surface area contributed by atoms with Crippen LogP contribution in [0.15, 0.2) is 6.07 Å². The Kier molecular flexibility index (Phi) is 3.02. The normalized spacial score (nSPS) is 10.1. The summed E-state index contributed by atoms with van der Waals surface area (Å²) in [5.74, 6) is -4.96. The summed E-state index contributed by atoms with van der Waals surface area (Å²) in [4.78, 5) is 0. The molecule has 0 saturated carbocycles. The molecule has 0 amide bonds. The van der Waals surface area contributed by atoms with Crippen molar-refractivity contribution in [3.05, 3.63) is 29.1 Å². The van der Waals surface area contributed by atoms with Crippen LogP contribution in [-0.4, -0.2) is 17.4 Å². The van der Waals surface area contributed by atoms with Crippen molar-refractivity contribution in [1.29, 1.82) is 0 Å². The molecular formula is C7H6BF3O3. The molecule has 0 aromatic heterocycles. The quantitative estimate of drug-likeness (QED) is 0.554. The molecule has 0 heterocycles. The maximum Gasteiger partial charge on any atom is 0.707 e. The van der Waals surface area contributed by atoms with Crippen molar-refractivity contribution in [2.75, 3.05) is 0 Å². The van der Waals surface area contributed by atoms with Crippen molar-refractivity contribution in [2.24, 2.45) is 0 Å². The minimum atomic E-state index is -2.21. The van der Waals surface area contributed by atoms with Gasteiger partial charge in [0.2, 0.25) is 0 Å². The first-order valence-electron chi connectivity index (χ1n) is 3.60. The Bertz CT molecular complexity index is 357. The summed E-state index contributed by atoms with van der Waals surface area (Å²) in [6, 6.07) is 0.535. The van der Waals surface area contributed by atoms with Gasteiger partial charge in [0.1, 0.15) is 5.75 Å². The molecule has 1 aromatic rings. The minimum Gasteiger partial charge on any atom is -0.512 e. The van der Waals surface area contributed by atoms with Gasteiger partial charge in [0.05, 0.1) is 0 Å². The molecular weight excluding hydrogens is 200 g/mol. The molecule has 2 N–H and O–H groups in total. The summed E-state index contributed by atoms with van der Waals surface area (Å²) in [5.41, 5.74) is -0.336. The zero-order chi connectivity index (χ0) is 10.9. The van der Waals surface area contributed by atoms with E-state index in [0.29, 0.717) is 6.07 Å². The Morgan fingerprint density at radius 3 is 2.29 bits per heavy atom. The lowest BCUT2D eigenvalue weighted by atomic mass is 10.1. The van der Waals surface area contributed by atoms with Crippen molar-refractivity contribution in [3.63, 3.8) is 0 Å². The van der Waals surface area contributed by atoms with Crippen molar-refractivity contribution in [1.82, 2.24) is 0 Å². The summed E-state index contributed by atoms with van der Waals surface area (Å²) < 4.78 is 42.3. The molecule has 0 saturated heterocycles. The van der Waals surface area contributed by atoms with E-state index in [1.165, 1.54) is 0 Å². The van der Waals surface area contributed by atoms with Gasteiger partial charge in [0.15, 0.2) is 17.5 Å². The monoisotopic (exact) mass is 206 g/mol. The van der Waals surface area contributed by atoms with E-state index in [9.17, 15) is 13.2 Å². The highest BCUT2D eigenvalue weighted by atomic mass is 19.2. The van der Waals surface area contributed by atoms with Crippen molar-refractivity contribution >= 4 is 7.32 Å². The van der Waals surface area contributed by atoms with Gasteiger partial charge >= 0.3 is 7.32 Å². The maximum atomic E-state index is 12.8. The first kappa shape index (κ1) is 10.9. The fourth-order valence-electron chi connectivity index (χ4n) is 0.900. The molecule has 0 aliphatic carbocycles. The Morgan fingerprint density at radius 1 is 1.21 bits per heavy atom. The zero-order valence-corrected chi connectivity index (χ0v) is 7.09. The van der Waals surface area contributed by atoms with Gasteiger partial charge in [0.25, 0.3) is 0 Å². The molecule has 0 atom stereocenters. The summed E-state index contributed by atoms with van der Waals surface area (Å²) >= 11 is 0. The molecule has 0 spiro atoms. The lowest BCUT2D eigenvalue weighted by molar-refractivity contribution is 0.284.